The summed E-state index contributed by atoms with van der Waals surface area (Å²) in [5.41, 5.74) is 2.67. The second-order valence-corrected chi connectivity index (χ2v) is 3.59. The van der Waals surface area contributed by atoms with Crippen molar-refractivity contribution >= 4 is 34.9 Å². The molecule has 3 aromatic rings. The van der Waals surface area contributed by atoms with Gasteiger partial charge in [-0.15, -0.1) is 0 Å². The summed E-state index contributed by atoms with van der Waals surface area (Å²) in [5, 5.41) is 11.2. The Morgan fingerprint density at radius 1 is 0.933 bits per heavy atom. The van der Waals surface area contributed by atoms with E-state index >= 15 is 0 Å². The lowest BCUT2D eigenvalue weighted by molar-refractivity contribution is 0.615. The van der Waals surface area contributed by atoms with Gasteiger partial charge in [0.05, 0.1) is 0 Å². The maximum atomic E-state index is 9.08. The molecule has 1 aromatic heterocycles. The summed E-state index contributed by atoms with van der Waals surface area (Å²) in [7, 11) is 0.0649. The summed E-state index contributed by atoms with van der Waals surface area (Å²) < 4.78 is 5.67. The maximum Gasteiger partial charge on any atom is 0.304 e. The fourth-order valence-electron chi connectivity index (χ4n) is 1.87. The molecule has 0 unspecified atom stereocenters. The third kappa shape index (κ3) is 1.24. The number of hydrogen-bond donors (Lipinski definition) is 1. The second kappa shape index (κ2) is 3.14. The Hall–Kier alpha value is -1.74. The maximum absolute atomic E-state index is 9.08. The van der Waals surface area contributed by atoms with Crippen molar-refractivity contribution in [1.29, 1.82) is 0 Å². The van der Waals surface area contributed by atoms with Crippen LogP contribution in [0.5, 0.6) is 0 Å². The van der Waals surface area contributed by atoms with Gasteiger partial charge in [0, 0.05) is 10.8 Å². The molecule has 15 heavy (non-hydrogen) atoms. The fraction of sp³-hybridized carbons (Fsp3) is 0. The van der Waals surface area contributed by atoms with Crippen LogP contribution in [0.2, 0.25) is 0 Å². The lowest BCUT2D eigenvalue weighted by Crippen LogP contribution is -2.11. The highest BCUT2D eigenvalue weighted by molar-refractivity contribution is 6.46. The molecular formula is C12H9BO2. The number of furan rings is 1. The zero-order valence-corrected chi connectivity index (χ0v) is 8.10. The van der Waals surface area contributed by atoms with Crippen LogP contribution in [0.25, 0.3) is 21.9 Å². The fourth-order valence-corrected chi connectivity index (χ4v) is 1.87. The van der Waals surface area contributed by atoms with Crippen LogP contribution in [-0.4, -0.2) is 12.5 Å². The predicted octanol–water partition coefficient (Wildman–Crippen LogP) is 1.56. The number of hydrogen-bond acceptors (Lipinski definition) is 2. The first-order valence-electron chi connectivity index (χ1n) is 4.89. The van der Waals surface area contributed by atoms with Gasteiger partial charge in [-0.3, -0.25) is 0 Å². The molecule has 0 fully saturated rings. The summed E-state index contributed by atoms with van der Waals surface area (Å²) in [5.74, 6) is 0. The predicted molar refractivity (Wildman–Crippen MR) is 62.7 cm³/mol. The Kier molecular flexibility index (Phi) is 1.79. The molecule has 0 aliphatic rings. The molecule has 0 saturated heterocycles. The van der Waals surface area contributed by atoms with Crippen LogP contribution in [0.3, 0.4) is 0 Å². The average Bonchev–Trinajstić information content (AvgIpc) is 2.66. The van der Waals surface area contributed by atoms with Gasteiger partial charge >= 0.3 is 7.48 Å². The molecular weight excluding hydrogens is 187 g/mol. The Balaban J connectivity index is 2.46. The molecule has 3 rings (SSSR count). The molecule has 0 aliphatic carbocycles. The highest BCUT2D eigenvalue weighted by Crippen LogP contribution is 2.27. The zero-order valence-electron chi connectivity index (χ0n) is 8.10. The van der Waals surface area contributed by atoms with Crippen molar-refractivity contribution < 1.29 is 9.44 Å². The largest absolute Gasteiger partial charge is 0.456 e. The highest BCUT2D eigenvalue weighted by atomic mass is 16.3. The van der Waals surface area contributed by atoms with Gasteiger partial charge in [-0.1, -0.05) is 35.8 Å². The summed E-state index contributed by atoms with van der Waals surface area (Å²) in [6.07, 6.45) is 0. The van der Waals surface area contributed by atoms with Gasteiger partial charge in [-0.25, -0.2) is 0 Å². The molecule has 0 aliphatic heterocycles. The van der Waals surface area contributed by atoms with Gasteiger partial charge in [-0.05, 0) is 12.1 Å². The Bertz CT molecular complexity index is 628. The Morgan fingerprint density at radius 3 is 2.60 bits per heavy atom. The van der Waals surface area contributed by atoms with E-state index < -0.39 is 0 Å². The van der Waals surface area contributed by atoms with Gasteiger partial charge in [0.2, 0.25) is 0 Å². The third-order valence-corrected chi connectivity index (χ3v) is 2.62. The summed E-state index contributed by atoms with van der Waals surface area (Å²) in [4.78, 5) is 0. The van der Waals surface area contributed by atoms with Crippen molar-refractivity contribution in [2.75, 3.05) is 0 Å². The smallest absolute Gasteiger partial charge is 0.304 e. The quantitative estimate of drug-likeness (QED) is 0.599. The van der Waals surface area contributed by atoms with Crippen molar-refractivity contribution in [3.63, 3.8) is 0 Å². The van der Waals surface area contributed by atoms with Gasteiger partial charge in [0.1, 0.15) is 11.2 Å². The van der Waals surface area contributed by atoms with Crippen LogP contribution in [-0.2, 0) is 0 Å². The molecule has 0 radical (unpaired) electrons. The number of rotatable bonds is 1. The number of para-hydroxylation sites is 1. The van der Waals surface area contributed by atoms with E-state index in [1.54, 1.807) is 0 Å². The van der Waals surface area contributed by atoms with E-state index in [-0.39, 0.29) is 7.48 Å². The first-order valence-corrected chi connectivity index (χ1v) is 4.89. The van der Waals surface area contributed by atoms with Crippen LogP contribution in [0.15, 0.2) is 46.9 Å². The van der Waals surface area contributed by atoms with E-state index in [1.165, 1.54) is 0 Å². The van der Waals surface area contributed by atoms with Gasteiger partial charge < -0.3 is 9.44 Å². The molecule has 1 N–H and O–H groups in total. The Labute approximate surface area is 87.4 Å². The highest BCUT2D eigenvalue weighted by Gasteiger charge is 2.06. The van der Waals surface area contributed by atoms with E-state index in [1.807, 2.05) is 42.5 Å². The van der Waals surface area contributed by atoms with Crippen molar-refractivity contribution in [2.24, 2.45) is 0 Å². The molecule has 0 spiro atoms. The molecule has 0 saturated carbocycles. The van der Waals surface area contributed by atoms with E-state index in [4.69, 9.17) is 9.44 Å². The average molecular weight is 196 g/mol. The molecule has 72 valence electrons. The van der Waals surface area contributed by atoms with Crippen LogP contribution in [0.1, 0.15) is 0 Å². The van der Waals surface area contributed by atoms with Crippen LogP contribution in [0, 0.1) is 0 Å². The Morgan fingerprint density at radius 2 is 1.73 bits per heavy atom. The molecule has 3 heteroatoms. The third-order valence-electron chi connectivity index (χ3n) is 2.62. The normalized spacial score (nSPS) is 11.0. The van der Waals surface area contributed by atoms with Crippen molar-refractivity contribution in [3.05, 3.63) is 42.5 Å². The zero-order chi connectivity index (χ0) is 10.3. The van der Waals surface area contributed by atoms with Crippen molar-refractivity contribution in [2.45, 2.75) is 0 Å². The van der Waals surface area contributed by atoms with Gasteiger partial charge in [-0.2, -0.15) is 0 Å². The van der Waals surface area contributed by atoms with Crippen molar-refractivity contribution in [3.8, 4) is 0 Å². The summed E-state index contributed by atoms with van der Waals surface area (Å²) >= 11 is 0. The van der Waals surface area contributed by atoms with E-state index in [0.717, 1.165) is 27.4 Å². The van der Waals surface area contributed by atoms with Gasteiger partial charge in [0.15, 0.2) is 0 Å². The minimum absolute atomic E-state index is 0.0649. The lowest BCUT2D eigenvalue weighted by Gasteiger charge is -1.93. The SMILES string of the molecule is OBc1ccc2oc3ccccc3c2c1. The second-order valence-electron chi connectivity index (χ2n) is 3.59. The number of fused-ring (bicyclic) bond motifs is 3. The van der Waals surface area contributed by atoms with Crippen LogP contribution in [0.4, 0.5) is 0 Å². The van der Waals surface area contributed by atoms with Crippen LogP contribution < -0.4 is 5.46 Å². The van der Waals surface area contributed by atoms with E-state index in [2.05, 4.69) is 0 Å². The summed E-state index contributed by atoms with van der Waals surface area (Å²) in [6, 6.07) is 13.7. The molecule has 0 atom stereocenters. The lowest BCUT2D eigenvalue weighted by atomic mass is 9.88. The van der Waals surface area contributed by atoms with E-state index in [9.17, 15) is 0 Å². The monoisotopic (exact) mass is 196 g/mol. The standard InChI is InChI=1S/C12H9BO2/c14-13-8-5-6-12-10(7-8)9-3-1-2-4-11(9)15-12/h1-7,13-14H. The first-order chi connectivity index (χ1) is 7.38. The number of benzene rings is 2. The van der Waals surface area contributed by atoms with E-state index in [0.29, 0.717) is 0 Å². The van der Waals surface area contributed by atoms with Crippen molar-refractivity contribution in [1.82, 2.24) is 0 Å². The van der Waals surface area contributed by atoms with Gasteiger partial charge in [0.25, 0.3) is 0 Å². The minimum atomic E-state index is 0.0649. The molecule has 2 nitrogen and oxygen atoms in total. The van der Waals surface area contributed by atoms with Crippen LogP contribution >= 0.6 is 0 Å². The molecule has 0 amide bonds. The molecule has 0 bridgehead atoms. The molecule has 2 aromatic carbocycles. The topological polar surface area (TPSA) is 33.4 Å². The minimum Gasteiger partial charge on any atom is -0.456 e. The summed E-state index contributed by atoms with van der Waals surface area (Å²) in [6.45, 7) is 0. The first kappa shape index (κ1) is 8.56. The molecule has 1 heterocycles.